The van der Waals surface area contributed by atoms with Gasteiger partial charge in [-0.3, -0.25) is 0 Å². The van der Waals surface area contributed by atoms with Crippen LogP contribution >= 0.6 is 11.6 Å². The number of halogens is 2. The predicted molar refractivity (Wildman–Crippen MR) is 70.8 cm³/mol. The smallest absolute Gasteiger partial charge is 0.336 e. The second-order valence-electron chi connectivity index (χ2n) is 3.99. The average Bonchev–Trinajstić information content (AvgIpc) is 2.37. The van der Waals surface area contributed by atoms with Crippen molar-refractivity contribution in [1.82, 2.24) is 0 Å². The molecule has 102 valence electrons. The normalized spacial score (nSPS) is 10.3. The van der Waals surface area contributed by atoms with Crippen molar-refractivity contribution >= 4 is 23.5 Å². The summed E-state index contributed by atoms with van der Waals surface area (Å²) in [5.74, 6) is -3.20. The third kappa shape index (κ3) is 2.62. The number of hydrogen-bond acceptors (Lipinski definition) is 2. The maximum Gasteiger partial charge on any atom is 0.336 e. The van der Waals surface area contributed by atoms with Crippen molar-refractivity contribution in [2.75, 3.05) is 0 Å². The molecule has 2 aromatic carbocycles. The number of benzene rings is 2. The predicted octanol–water partition coefficient (Wildman–Crippen LogP) is 3.54. The van der Waals surface area contributed by atoms with E-state index >= 15 is 0 Å². The zero-order valence-corrected chi connectivity index (χ0v) is 10.7. The van der Waals surface area contributed by atoms with Gasteiger partial charge in [0.15, 0.2) is 0 Å². The van der Waals surface area contributed by atoms with Crippen molar-refractivity contribution in [2.45, 2.75) is 0 Å². The number of aromatic carboxylic acids is 2. The van der Waals surface area contributed by atoms with E-state index in [4.69, 9.17) is 21.8 Å². The molecule has 0 amide bonds. The second kappa shape index (κ2) is 5.30. The fraction of sp³-hybridized carbons (Fsp3) is 0. The molecule has 0 bridgehead atoms. The van der Waals surface area contributed by atoms with E-state index in [1.807, 2.05) is 0 Å². The molecule has 0 aliphatic rings. The highest BCUT2D eigenvalue weighted by Gasteiger charge is 2.18. The first-order chi connectivity index (χ1) is 9.40. The fourth-order valence-electron chi connectivity index (χ4n) is 1.85. The quantitative estimate of drug-likeness (QED) is 0.908. The highest BCUT2D eigenvalue weighted by atomic mass is 35.5. The maximum atomic E-state index is 13.4. The molecule has 0 spiro atoms. The zero-order chi connectivity index (χ0) is 14.9. The lowest BCUT2D eigenvalue weighted by Gasteiger charge is -2.10. The summed E-state index contributed by atoms with van der Waals surface area (Å²) in [5, 5.41) is 18.5. The molecular formula is C14H8ClFO4. The van der Waals surface area contributed by atoms with Crippen LogP contribution in [0.25, 0.3) is 11.1 Å². The fourth-order valence-corrected chi connectivity index (χ4v) is 2.02. The standard InChI is InChI=1S/C14H8ClFO4/c15-7-1-3-9(13(17)18)11(5-7)12-6-8(16)2-4-10(12)14(19)20/h1-6H,(H,17,18)(H,19,20). The van der Waals surface area contributed by atoms with Crippen LogP contribution in [0.3, 0.4) is 0 Å². The molecule has 20 heavy (non-hydrogen) atoms. The molecule has 0 heterocycles. The third-order valence-corrected chi connectivity index (χ3v) is 2.95. The van der Waals surface area contributed by atoms with Crippen LogP contribution < -0.4 is 0 Å². The summed E-state index contributed by atoms with van der Waals surface area (Å²) >= 11 is 5.81. The van der Waals surface area contributed by atoms with E-state index in [0.29, 0.717) is 0 Å². The van der Waals surface area contributed by atoms with Crippen LogP contribution in [0, 0.1) is 5.82 Å². The largest absolute Gasteiger partial charge is 0.478 e. The highest BCUT2D eigenvalue weighted by molar-refractivity contribution is 6.31. The number of hydrogen-bond donors (Lipinski definition) is 2. The van der Waals surface area contributed by atoms with Gasteiger partial charge in [-0.25, -0.2) is 14.0 Å². The van der Waals surface area contributed by atoms with Crippen LogP contribution in [0.4, 0.5) is 4.39 Å². The van der Waals surface area contributed by atoms with Gasteiger partial charge < -0.3 is 10.2 Å². The summed E-state index contributed by atoms with van der Waals surface area (Å²) in [6.07, 6.45) is 0. The molecule has 0 radical (unpaired) electrons. The van der Waals surface area contributed by atoms with Gasteiger partial charge in [0, 0.05) is 5.02 Å². The topological polar surface area (TPSA) is 74.6 Å². The van der Waals surface area contributed by atoms with Gasteiger partial charge in [0.1, 0.15) is 5.82 Å². The van der Waals surface area contributed by atoms with Gasteiger partial charge in [-0.15, -0.1) is 0 Å². The molecule has 0 saturated heterocycles. The van der Waals surface area contributed by atoms with Crippen molar-refractivity contribution in [1.29, 1.82) is 0 Å². The Kier molecular flexibility index (Phi) is 3.72. The minimum atomic E-state index is -1.28. The summed E-state index contributed by atoms with van der Waals surface area (Å²) in [7, 11) is 0. The van der Waals surface area contributed by atoms with Gasteiger partial charge in [0.25, 0.3) is 0 Å². The molecule has 0 saturated carbocycles. The van der Waals surface area contributed by atoms with Gasteiger partial charge in [-0.1, -0.05) is 11.6 Å². The number of carboxylic acid groups (broad SMARTS) is 2. The van der Waals surface area contributed by atoms with E-state index in [2.05, 4.69) is 0 Å². The highest BCUT2D eigenvalue weighted by Crippen LogP contribution is 2.30. The summed E-state index contributed by atoms with van der Waals surface area (Å²) in [6.45, 7) is 0. The van der Waals surface area contributed by atoms with Crippen LogP contribution in [0.2, 0.25) is 5.02 Å². The van der Waals surface area contributed by atoms with Crippen molar-refractivity contribution in [3.05, 3.63) is 58.4 Å². The lowest BCUT2D eigenvalue weighted by atomic mass is 9.95. The van der Waals surface area contributed by atoms with E-state index in [1.54, 1.807) is 0 Å². The minimum absolute atomic E-state index is 0.0302. The van der Waals surface area contributed by atoms with Crippen LogP contribution in [0.1, 0.15) is 20.7 Å². The van der Waals surface area contributed by atoms with E-state index in [-0.39, 0.29) is 27.3 Å². The summed E-state index contributed by atoms with van der Waals surface area (Å²) in [4.78, 5) is 22.4. The maximum absolute atomic E-state index is 13.4. The Balaban J connectivity index is 2.79. The average molecular weight is 295 g/mol. The Hall–Kier alpha value is -2.40. The van der Waals surface area contributed by atoms with Gasteiger partial charge in [0.05, 0.1) is 11.1 Å². The van der Waals surface area contributed by atoms with E-state index in [9.17, 15) is 14.0 Å². The van der Waals surface area contributed by atoms with Crippen LogP contribution in [-0.4, -0.2) is 22.2 Å². The number of carboxylic acids is 2. The Morgan fingerprint density at radius 3 is 1.95 bits per heavy atom. The molecule has 0 atom stereocenters. The molecule has 2 rings (SSSR count). The third-order valence-electron chi connectivity index (χ3n) is 2.71. The second-order valence-corrected chi connectivity index (χ2v) is 4.43. The Morgan fingerprint density at radius 1 is 0.900 bits per heavy atom. The number of rotatable bonds is 3. The Labute approximate surface area is 118 Å². The molecule has 0 aromatic heterocycles. The summed E-state index contributed by atoms with van der Waals surface area (Å²) in [6, 6.07) is 6.97. The number of carbonyl (C=O) groups is 2. The first-order valence-electron chi connectivity index (χ1n) is 5.46. The van der Waals surface area contributed by atoms with Crippen molar-refractivity contribution in [2.24, 2.45) is 0 Å². The van der Waals surface area contributed by atoms with Crippen LogP contribution in [0.15, 0.2) is 36.4 Å². The van der Waals surface area contributed by atoms with Gasteiger partial charge in [0.2, 0.25) is 0 Å². The first kappa shape index (κ1) is 14.0. The molecule has 2 N–H and O–H groups in total. The van der Waals surface area contributed by atoms with Crippen molar-refractivity contribution in [3.63, 3.8) is 0 Å². The van der Waals surface area contributed by atoms with Crippen LogP contribution in [-0.2, 0) is 0 Å². The minimum Gasteiger partial charge on any atom is -0.478 e. The summed E-state index contributed by atoms with van der Waals surface area (Å²) < 4.78 is 13.4. The van der Waals surface area contributed by atoms with Crippen molar-refractivity contribution < 1.29 is 24.2 Å². The molecule has 0 aliphatic heterocycles. The molecule has 0 unspecified atom stereocenters. The molecule has 6 heteroatoms. The zero-order valence-electron chi connectivity index (χ0n) is 9.93. The summed E-state index contributed by atoms with van der Waals surface area (Å²) in [5.41, 5.74) is -0.321. The van der Waals surface area contributed by atoms with E-state index in [1.165, 1.54) is 18.2 Å². The van der Waals surface area contributed by atoms with Crippen molar-refractivity contribution in [3.8, 4) is 11.1 Å². The lowest BCUT2D eigenvalue weighted by Crippen LogP contribution is -2.04. The van der Waals surface area contributed by atoms with Gasteiger partial charge in [-0.05, 0) is 47.5 Å². The molecule has 0 aliphatic carbocycles. The monoisotopic (exact) mass is 294 g/mol. The molecule has 4 nitrogen and oxygen atoms in total. The Bertz CT molecular complexity index is 651. The van der Waals surface area contributed by atoms with Gasteiger partial charge >= 0.3 is 11.9 Å². The Morgan fingerprint density at radius 2 is 1.40 bits per heavy atom. The first-order valence-corrected chi connectivity index (χ1v) is 5.84. The van der Waals surface area contributed by atoms with Gasteiger partial charge in [-0.2, -0.15) is 0 Å². The molecule has 0 fully saturated rings. The van der Waals surface area contributed by atoms with E-state index in [0.717, 1.165) is 18.2 Å². The SMILES string of the molecule is O=C(O)c1ccc(F)cc1-c1cc(Cl)ccc1C(=O)O. The molecule has 2 aromatic rings. The lowest BCUT2D eigenvalue weighted by molar-refractivity contribution is 0.0684. The van der Waals surface area contributed by atoms with Crippen LogP contribution in [0.5, 0.6) is 0 Å². The van der Waals surface area contributed by atoms with E-state index < -0.39 is 17.8 Å². The molecular weight excluding hydrogens is 287 g/mol.